The van der Waals surface area contributed by atoms with Gasteiger partial charge in [0.05, 0.1) is 5.70 Å². The molecule has 2 N–H and O–H groups in total. The second-order valence-corrected chi connectivity index (χ2v) is 14.1. The molecule has 0 unspecified atom stereocenters. The number of allylic oxidation sites excluding steroid dienone is 1. The fourth-order valence-corrected chi connectivity index (χ4v) is 5.49. The Hall–Kier alpha value is -3.89. The molecule has 0 aliphatic carbocycles. The van der Waals surface area contributed by atoms with Gasteiger partial charge in [0.15, 0.2) is 0 Å². The van der Waals surface area contributed by atoms with Crippen molar-refractivity contribution in [1.29, 1.82) is 0 Å². The molecule has 4 heteroatoms. The molecule has 1 aliphatic rings. The third-order valence-electron chi connectivity index (χ3n) is 8.74. The number of nitrogens with zero attached hydrogens (tertiary/aromatic N) is 2. The van der Waals surface area contributed by atoms with Gasteiger partial charge in [-0.2, -0.15) is 0 Å². The quantitative estimate of drug-likeness (QED) is 0.193. The highest BCUT2D eigenvalue weighted by molar-refractivity contribution is 6.09. The molecule has 0 saturated carbocycles. The van der Waals surface area contributed by atoms with Crippen LogP contribution in [0.1, 0.15) is 89.1 Å². The molecule has 0 bridgehead atoms. The van der Waals surface area contributed by atoms with Crippen molar-refractivity contribution in [3.05, 3.63) is 119 Å². The molecule has 3 aromatic rings. The molecule has 1 aliphatic heterocycles. The van der Waals surface area contributed by atoms with Crippen LogP contribution < -0.4 is 10.6 Å². The van der Waals surface area contributed by atoms with E-state index in [2.05, 4.69) is 143 Å². The van der Waals surface area contributed by atoms with Crippen molar-refractivity contribution < 1.29 is 0 Å². The van der Waals surface area contributed by atoms with Gasteiger partial charge in [-0.3, -0.25) is 4.90 Å². The Balaban J connectivity index is 1.47. The third-order valence-corrected chi connectivity index (χ3v) is 8.74. The first-order chi connectivity index (χ1) is 20.8. The summed E-state index contributed by atoms with van der Waals surface area (Å²) in [6, 6.07) is 23.7. The second kappa shape index (κ2) is 13.8. The predicted octanol–water partition coefficient (Wildman–Crippen LogP) is 10.4. The van der Waals surface area contributed by atoms with Crippen LogP contribution in [0.25, 0.3) is 11.4 Å². The number of hydrogen-bond donors (Lipinski definition) is 2. The molecule has 44 heavy (non-hydrogen) atoms. The molecule has 1 fully saturated rings. The fourth-order valence-electron chi connectivity index (χ4n) is 5.49. The van der Waals surface area contributed by atoms with E-state index in [4.69, 9.17) is 4.99 Å². The van der Waals surface area contributed by atoms with Crippen LogP contribution in [-0.4, -0.2) is 23.8 Å². The van der Waals surface area contributed by atoms with Gasteiger partial charge in [0, 0.05) is 29.2 Å². The van der Waals surface area contributed by atoms with Crippen LogP contribution in [0.3, 0.4) is 0 Å². The molecule has 0 amide bonds. The minimum atomic E-state index is 0.118. The van der Waals surface area contributed by atoms with Crippen LogP contribution in [0.4, 0.5) is 11.4 Å². The molecular weight excluding hydrogens is 536 g/mol. The number of amidine groups is 1. The molecule has 0 atom stereocenters. The Morgan fingerprint density at radius 1 is 0.932 bits per heavy atom. The van der Waals surface area contributed by atoms with E-state index in [-0.39, 0.29) is 5.41 Å². The number of nitrogens with one attached hydrogen (secondary N) is 2. The van der Waals surface area contributed by atoms with Crippen molar-refractivity contribution in [2.24, 2.45) is 10.4 Å². The third kappa shape index (κ3) is 8.60. The van der Waals surface area contributed by atoms with Crippen molar-refractivity contribution in [3.8, 4) is 0 Å². The molecule has 1 heterocycles. The van der Waals surface area contributed by atoms with Crippen molar-refractivity contribution in [2.45, 2.75) is 80.2 Å². The minimum Gasteiger partial charge on any atom is -0.355 e. The van der Waals surface area contributed by atoms with Gasteiger partial charge >= 0.3 is 0 Å². The van der Waals surface area contributed by atoms with E-state index in [1.807, 2.05) is 13.8 Å². The Morgan fingerprint density at radius 3 is 2.14 bits per heavy atom. The van der Waals surface area contributed by atoms with Crippen molar-refractivity contribution in [1.82, 2.24) is 4.90 Å². The number of hydrogen-bond acceptors (Lipinski definition) is 3. The zero-order chi connectivity index (χ0) is 32.1. The summed E-state index contributed by atoms with van der Waals surface area (Å²) in [4.78, 5) is 7.64. The molecule has 0 aromatic heterocycles. The smallest absolute Gasteiger partial charge is 0.133 e. The van der Waals surface area contributed by atoms with E-state index >= 15 is 0 Å². The molecule has 0 spiro atoms. The highest BCUT2D eigenvalue weighted by Crippen LogP contribution is 2.31. The van der Waals surface area contributed by atoms with Crippen molar-refractivity contribution in [2.75, 3.05) is 23.7 Å². The maximum atomic E-state index is 5.07. The van der Waals surface area contributed by atoms with E-state index in [1.165, 1.54) is 37.1 Å². The number of aliphatic imine (C=N–C) groups is 1. The van der Waals surface area contributed by atoms with Gasteiger partial charge in [0.2, 0.25) is 0 Å². The summed E-state index contributed by atoms with van der Waals surface area (Å²) in [5.41, 5.74) is 11.1. The average molecular weight is 589 g/mol. The number of benzene rings is 3. The van der Waals surface area contributed by atoms with E-state index in [1.54, 1.807) is 0 Å². The molecular formula is C40H52N4. The summed E-state index contributed by atoms with van der Waals surface area (Å²) in [7, 11) is 0. The van der Waals surface area contributed by atoms with Crippen LogP contribution >= 0.6 is 0 Å². The SMILES string of the molecule is C=C(C)C(=N/C(=C\C)c1cccc(NC(=C)c2ccc(C(C)(C)C)cc2)c1C)Nc1ccc(CN2CCC(C)(C)CC2)cc1. The lowest BCUT2D eigenvalue weighted by molar-refractivity contribution is 0.127. The highest BCUT2D eigenvalue weighted by Gasteiger charge is 2.25. The van der Waals surface area contributed by atoms with Crippen LogP contribution in [0.2, 0.25) is 0 Å². The average Bonchev–Trinajstić information content (AvgIpc) is 2.98. The standard InChI is InChI=1S/C40H52N4/c1-11-36(35-13-12-14-37(29(35)4)41-30(5)32-17-19-33(20-18-32)39(6,7)8)43-38(28(2)3)42-34-21-15-31(16-22-34)27-44-25-23-40(9,10)24-26-44/h11-22,41H,2,5,23-27H2,1,3-4,6-10H3,(H,42,43)/b36-11-. The van der Waals surface area contributed by atoms with Gasteiger partial charge in [0.1, 0.15) is 5.84 Å². The molecule has 1 saturated heterocycles. The largest absolute Gasteiger partial charge is 0.355 e. The lowest BCUT2D eigenvalue weighted by Crippen LogP contribution is -2.36. The summed E-state index contributed by atoms with van der Waals surface area (Å²) in [6.45, 7) is 29.5. The van der Waals surface area contributed by atoms with Crippen LogP contribution in [0, 0.1) is 12.3 Å². The van der Waals surface area contributed by atoms with E-state index in [0.717, 1.165) is 57.4 Å². The van der Waals surface area contributed by atoms with Crippen LogP contribution in [-0.2, 0) is 12.0 Å². The van der Waals surface area contributed by atoms with E-state index in [0.29, 0.717) is 5.41 Å². The van der Waals surface area contributed by atoms with Gasteiger partial charge in [-0.15, -0.1) is 0 Å². The van der Waals surface area contributed by atoms with Crippen LogP contribution in [0.15, 0.2) is 96.5 Å². The molecule has 3 aromatic carbocycles. The second-order valence-electron chi connectivity index (χ2n) is 14.1. The first kappa shape index (κ1) is 33.0. The first-order valence-corrected chi connectivity index (χ1v) is 15.9. The predicted molar refractivity (Wildman–Crippen MR) is 193 cm³/mol. The number of anilines is 2. The Morgan fingerprint density at radius 2 is 1.57 bits per heavy atom. The Kier molecular flexibility index (Phi) is 10.4. The van der Waals surface area contributed by atoms with Crippen molar-refractivity contribution >= 4 is 28.6 Å². The molecule has 4 rings (SSSR count). The van der Waals surface area contributed by atoms with Gasteiger partial charge in [-0.1, -0.05) is 102 Å². The van der Waals surface area contributed by atoms with Gasteiger partial charge in [-0.25, -0.2) is 4.99 Å². The van der Waals surface area contributed by atoms with E-state index in [9.17, 15) is 0 Å². The summed E-state index contributed by atoms with van der Waals surface area (Å²) in [5.74, 6) is 0.755. The monoisotopic (exact) mass is 588 g/mol. The molecule has 4 nitrogen and oxygen atoms in total. The number of piperidine rings is 1. The van der Waals surface area contributed by atoms with Crippen LogP contribution in [0.5, 0.6) is 0 Å². The normalized spacial score (nSPS) is 16.0. The number of likely N-dealkylation sites (tertiary alicyclic amines) is 1. The maximum absolute atomic E-state index is 5.07. The topological polar surface area (TPSA) is 39.7 Å². The number of rotatable bonds is 9. The van der Waals surface area contributed by atoms with Gasteiger partial charge < -0.3 is 10.6 Å². The molecule has 0 radical (unpaired) electrons. The maximum Gasteiger partial charge on any atom is 0.133 e. The lowest BCUT2D eigenvalue weighted by atomic mass is 9.82. The van der Waals surface area contributed by atoms with Gasteiger partial charge in [-0.05, 0) is 104 Å². The van der Waals surface area contributed by atoms with Crippen molar-refractivity contribution in [3.63, 3.8) is 0 Å². The zero-order valence-electron chi connectivity index (χ0n) is 28.3. The summed E-state index contributed by atoms with van der Waals surface area (Å²) < 4.78 is 0. The molecule has 232 valence electrons. The summed E-state index contributed by atoms with van der Waals surface area (Å²) in [6.07, 6.45) is 4.58. The fraction of sp³-hybridized carbons (Fsp3) is 0.375. The Labute approximate surface area is 266 Å². The lowest BCUT2D eigenvalue weighted by Gasteiger charge is -2.36. The zero-order valence-corrected chi connectivity index (χ0v) is 28.3. The first-order valence-electron chi connectivity index (χ1n) is 15.9. The van der Waals surface area contributed by atoms with Gasteiger partial charge in [0.25, 0.3) is 0 Å². The summed E-state index contributed by atoms with van der Waals surface area (Å²) in [5, 5.41) is 7.08. The summed E-state index contributed by atoms with van der Waals surface area (Å²) >= 11 is 0. The van der Waals surface area contributed by atoms with E-state index < -0.39 is 0 Å². The Bertz CT molecular complexity index is 1520. The minimum absolute atomic E-state index is 0.118. The highest BCUT2D eigenvalue weighted by atomic mass is 15.1.